The normalized spacial score (nSPS) is 18.6. The highest BCUT2D eigenvalue weighted by molar-refractivity contribution is 6.30. The second-order valence-electron chi connectivity index (χ2n) is 10.7. The molecular weight excluding hydrogens is 520 g/mol. The molecule has 1 unspecified atom stereocenters. The summed E-state index contributed by atoms with van der Waals surface area (Å²) in [6.45, 7) is 7.93. The molecular formula is C30H37ClN2O6. The van der Waals surface area contributed by atoms with Crippen molar-refractivity contribution in [3.63, 3.8) is 0 Å². The lowest BCUT2D eigenvalue weighted by molar-refractivity contribution is -0.139. The van der Waals surface area contributed by atoms with Gasteiger partial charge in [-0.3, -0.25) is 14.3 Å². The highest BCUT2D eigenvalue weighted by Crippen LogP contribution is 2.59. The number of halogens is 1. The molecule has 1 aromatic heterocycles. The molecule has 0 radical (unpaired) electrons. The van der Waals surface area contributed by atoms with E-state index in [1.54, 1.807) is 7.11 Å². The Morgan fingerprint density at radius 2 is 1.74 bits per heavy atom. The summed E-state index contributed by atoms with van der Waals surface area (Å²) >= 11 is 6.15. The zero-order valence-corrected chi connectivity index (χ0v) is 23.6. The Morgan fingerprint density at radius 3 is 2.31 bits per heavy atom. The molecule has 1 saturated carbocycles. The molecule has 0 bridgehead atoms. The molecule has 1 aliphatic carbocycles. The summed E-state index contributed by atoms with van der Waals surface area (Å²) < 4.78 is 12.9. The number of benzene rings is 2. The Kier molecular flexibility index (Phi) is 8.67. The van der Waals surface area contributed by atoms with Crippen LogP contribution in [0.15, 0.2) is 54.6 Å². The summed E-state index contributed by atoms with van der Waals surface area (Å²) in [6.07, 6.45) is 0.851. The highest BCUT2D eigenvalue weighted by atomic mass is 35.5. The molecule has 9 heteroatoms. The molecule has 39 heavy (non-hydrogen) atoms. The van der Waals surface area contributed by atoms with Gasteiger partial charge in [0.2, 0.25) is 0 Å². The first-order valence-corrected chi connectivity index (χ1v) is 13.5. The van der Waals surface area contributed by atoms with Gasteiger partial charge in [0.1, 0.15) is 6.61 Å². The molecule has 1 aliphatic rings. The first kappa shape index (κ1) is 28.6. The SMILES string of the molecule is CCC(c1ccc(Cl)cc1)N(Cc1ccc(OCCn2c(O)ccc2O)c(OC)c1)C[C@H]1[C@H](C(=O)O)C1(C)C. The minimum absolute atomic E-state index is 0.0337. The Morgan fingerprint density at radius 1 is 1.08 bits per heavy atom. The second-order valence-corrected chi connectivity index (χ2v) is 11.1. The fourth-order valence-corrected chi connectivity index (χ4v) is 5.73. The molecule has 8 nitrogen and oxygen atoms in total. The van der Waals surface area contributed by atoms with E-state index in [2.05, 4.69) is 11.8 Å². The molecule has 1 fully saturated rings. The number of carboxylic acid groups (broad SMARTS) is 1. The number of carboxylic acids is 1. The van der Waals surface area contributed by atoms with Crippen molar-refractivity contribution in [3.05, 3.63) is 70.7 Å². The third kappa shape index (κ3) is 6.28. The van der Waals surface area contributed by atoms with Crippen molar-refractivity contribution in [2.24, 2.45) is 17.3 Å². The quantitative estimate of drug-likeness (QED) is 0.239. The summed E-state index contributed by atoms with van der Waals surface area (Å²) in [5.41, 5.74) is 1.88. The van der Waals surface area contributed by atoms with Crippen molar-refractivity contribution >= 4 is 17.6 Å². The van der Waals surface area contributed by atoms with Gasteiger partial charge in [-0.1, -0.05) is 50.6 Å². The number of methoxy groups -OCH3 is 1. The van der Waals surface area contributed by atoms with Gasteiger partial charge in [0.05, 0.1) is 19.6 Å². The minimum Gasteiger partial charge on any atom is -0.494 e. The summed E-state index contributed by atoms with van der Waals surface area (Å²) in [5, 5.41) is 30.1. The topological polar surface area (TPSA) is 104 Å². The maximum absolute atomic E-state index is 11.9. The van der Waals surface area contributed by atoms with Crippen LogP contribution in [-0.2, 0) is 17.9 Å². The van der Waals surface area contributed by atoms with E-state index >= 15 is 0 Å². The number of ether oxygens (including phenoxy) is 2. The lowest BCUT2D eigenvalue weighted by Gasteiger charge is -2.32. The van der Waals surface area contributed by atoms with Crippen LogP contribution in [0, 0.1) is 17.3 Å². The van der Waals surface area contributed by atoms with Crippen LogP contribution in [0.5, 0.6) is 23.3 Å². The van der Waals surface area contributed by atoms with E-state index in [1.165, 1.54) is 16.7 Å². The van der Waals surface area contributed by atoms with Crippen molar-refractivity contribution in [3.8, 4) is 23.3 Å². The van der Waals surface area contributed by atoms with Crippen molar-refractivity contribution in [1.29, 1.82) is 0 Å². The number of nitrogens with zero attached hydrogens (tertiary/aromatic N) is 2. The van der Waals surface area contributed by atoms with Crippen LogP contribution in [0.25, 0.3) is 0 Å². The number of carbonyl (C=O) groups is 1. The molecule has 0 amide bonds. The lowest BCUT2D eigenvalue weighted by atomic mass is 10.0. The number of aromatic nitrogens is 1. The van der Waals surface area contributed by atoms with Gasteiger partial charge < -0.3 is 24.8 Å². The lowest BCUT2D eigenvalue weighted by Crippen LogP contribution is -2.31. The average molecular weight is 557 g/mol. The Hall–Kier alpha value is -3.36. The van der Waals surface area contributed by atoms with Gasteiger partial charge in [0, 0.05) is 36.3 Å². The molecule has 3 atom stereocenters. The second kappa shape index (κ2) is 11.8. The van der Waals surface area contributed by atoms with Crippen molar-refractivity contribution in [2.75, 3.05) is 20.3 Å². The number of hydrogen-bond donors (Lipinski definition) is 3. The first-order valence-electron chi connectivity index (χ1n) is 13.2. The summed E-state index contributed by atoms with van der Waals surface area (Å²) in [4.78, 5) is 14.3. The van der Waals surface area contributed by atoms with Gasteiger partial charge in [-0.25, -0.2) is 0 Å². The minimum atomic E-state index is -0.741. The predicted molar refractivity (Wildman–Crippen MR) is 150 cm³/mol. The number of rotatable bonds is 13. The van der Waals surface area contributed by atoms with Gasteiger partial charge >= 0.3 is 5.97 Å². The molecule has 0 aliphatic heterocycles. The molecule has 4 rings (SSSR count). The molecule has 3 aromatic rings. The Bertz CT molecular complexity index is 1270. The number of hydrogen-bond acceptors (Lipinski definition) is 6. The van der Waals surface area contributed by atoms with Gasteiger partial charge in [0.25, 0.3) is 0 Å². The third-order valence-electron chi connectivity index (χ3n) is 7.95. The standard InChI is InChI=1S/C30H37ClN2O6/c1-5-23(20-7-9-21(31)10-8-20)32(18-22-28(29(36)37)30(22,2)3)17-19-6-11-24(25(16-19)38-4)39-15-14-33-26(34)12-13-27(33)35/h6-13,16,22-23,28,34-35H,5,14-15,17-18H2,1-4H3,(H,36,37)/t22-,23?,28+/m0/s1. The fourth-order valence-electron chi connectivity index (χ4n) is 5.61. The van der Waals surface area contributed by atoms with E-state index in [0.29, 0.717) is 29.6 Å². The molecule has 3 N–H and O–H groups in total. The average Bonchev–Trinajstić information content (AvgIpc) is 3.30. The van der Waals surface area contributed by atoms with Crippen molar-refractivity contribution in [2.45, 2.75) is 46.3 Å². The zero-order valence-electron chi connectivity index (χ0n) is 22.8. The van der Waals surface area contributed by atoms with Crippen LogP contribution < -0.4 is 9.47 Å². The van der Waals surface area contributed by atoms with Crippen LogP contribution in [-0.4, -0.2) is 51.0 Å². The predicted octanol–water partition coefficient (Wildman–Crippen LogP) is 5.95. The monoisotopic (exact) mass is 556 g/mol. The van der Waals surface area contributed by atoms with Crippen LogP contribution in [0.4, 0.5) is 0 Å². The summed E-state index contributed by atoms with van der Waals surface area (Å²) in [6, 6.07) is 16.6. The van der Waals surface area contributed by atoms with Crippen LogP contribution in [0.3, 0.4) is 0 Å². The van der Waals surface area contributed by atoms with E-state index < -0.39 is 5.97 Å². The molecule has 210 valence electrons. The summed E-state index contributed by atoms with van der Waals surface area (Å²) in [5.74, 6) is -0.00728. The van der Waals surface area contributed by atoms with Crippen molar-refractivity contribution in [1.82, 2.24) is 9.47 Å². The van der Waals surface area contributed by atoms with Gasteiger partial charge in [-0.05, 0) is 53.1 Å². The van der Waals surface area contributed by atoms with Gasteiger partial charge in [-0.15, -0.1) is 0 Å². The van der Waals surface area contributed by atoms with Crippen molar-refractivity contribution < 1.29 is 29.6 Å². The highest BCUT2D eigenvalue weighted by Gasteiger charge is 2.62. The van der Waals surface area contributed by atoms with Crippen LogP contribution >= 0.6 is 11.6 Å². The summed E-state index contributed by atoms with van der Waals surface area (Å²) in [7, 11) is 1.58. The maximum Gasteiger partial charge on any atom is 0.307 e. The van der Waals surface area contributed by atoms with E-state index in [9.17, 15) is 20.1 Å². The Balaban J connectivity index is 1.54. The van der Waals surface area contributed by atoms with Crippen LogP contribution in [0.1, 0.15) is 44.4 Å². The van der Waals surface area contributed by atoms with E-state index in [4.69, 9.17) is 21.1 Å². The largest absolute Gasteiger partial charge is 0.494 e. The third-order valence-corrected chi connectivity index (χ3v) is 8.20. The molecule has 1 heterocycles. The Labute approximate surface area is 234 Å². The molecule has 0 saturated heterocycles. The van der Waals surface area contributed by atoms with E-state index in [0.717, 1.165) is 17.5 Å². The van der Waals surface area contributed by atoms with Gasteiger partial charge in [0.15, 0.2) is 23.3 Å². The van der Waals surface area contributed by atoms with Crippen LogP contribution in [0.2, 0.25) is 5.02 Å². The van der Waals surface area contributed by atoms with E-state index in [1.807, 2.05) is 56.3 Å². The number of aliphatic carboxylic acids is 1. The fraction of sp³-hybridized carbons (Fsp3) is 0.433. The number of aromatic hydroxyl groups is 2. The molecule has 2 aromatic carbocycles. The zero-order chi connectivity index (χ0) is 28.3. The molecule has 0 spiro atoms. The first-order chi connectivity index (χ1) is 18.6. The maximum atomic E-state index is 11.9. The van der Waals surface area contributed by atoms with E-state index in [-0.39, 0.29) is 48.2 Å². The smallest absolute Gasteiger partial charge is 0.307 e. The van der Waals surface area contributed by atoms with Gasteiger partial charge in [-0.2, -0.15) is 0 Å².